The molecule has 0 aromatic heterocycles. The van der Waals surface area contributed by atoms with Gasteiger partial charge in [0.05, 0.1) is 0 Å². The lowest BCUT2D eigenvalue weighted by Gasteiger charge is -2.14. The van der Waals surface area contributed by atoms with Crippen molar-refractivity contribution < 1.29 is 4.79 Å². The number of nitrogens with two attached hydrogens (primary N) is 1. The average molecular weight is 260 g/mol. The Morgan fingerprint density at radius 1 is 1.37 bits per heavy atom. The van der Waals surface area contributed by atoms with Gasteiger partial charge in [0.2, 0.25) is 0 Å². The first-order valence-electron chi connectivity index (χ1n) is 6.73. The molecule has 19 heavy (non-hydrogen) atoms. The van der Waals surface area contributed by atoms with E-state index in [4.69, 9.17) is 5.73 Å². The minimum absolute atomic E-state index is 0.0453. The number of hydrogen-bond acceptors (Lipinski definition) is 2. The first kappa shape index (κ1) is 15.4. The zero-order chi connectivity index (χ0) is 14.4. The summed E-state index contributed by atoms with van der Waals surface area (Å²) in [5, 5.41) is 0. The maximum Gasteiger partial charge on any atom is 0.253 e. The van der Waals surface area contributed by atoms with Crippen molar-refractivity contribution in [2.45, 2.75) is 26.7 Å². The summed E-state index contributed by atoms with van der Waals surface area (Å²) in [5.41, 5.74) is 9.85. The maximum absolute atomic E-state index is 12.0. The number of benzene rings is 1. The highest BCUT2D eigenvalue weighted by molar-refractivity contribution is 5.95. The highest BCUT2D eigenvalue weighted by Crippen LogP contribution is 2.22. The van der Waals surface area contributed by atoms with Crippen molar-refractivity contribution in [1.82, 2.24) is 4.90 Å². The fourth-order valence-electron chi connectivity index (χ4n) is 2.11. The highest BCUT2D eigenvalue weighted by Gasteiger charge is 2.12. The fourth-order valence-corrected chi connectivity index (χ4v) is 2.11. The Kier molecular flexibility index (Phi) is 5.77. The van der Waals surface area contributed by atoms with Crippen molar-refractivity contribution in [3.63, 3.8) is 0 Å². The van der Waals surface area contributed by atoms with Crippen LogP contribution in [0.5, 0.6) is 0 Å². The number of nitrogens with zero attached hydrogens (tertiary/aromatic N) is 1. The lowest BCUT2D eigenvalue weighted by Crippen LogP contribution is -2.22. The Hall–Kier alpha value is -1.61. The van der Waals surface area contributed by atoms with E-state index in [1.165, 1.54) is 11.1 Å². The van der Waals surface area contributed by atoms with Crippen LogP contribution < -0.4 is 5.73 Å². The third-order valence-electron chi connectivity index (χ3n) is 3.10. The SMILES string of the molecule is CC/C=C(\CCN)c1ccc(C(=O)N(C)C)c(C)c1. The van der Waals surface area contributed by atoms with Crippen LogP contribution >= 0.6 is 0 Å². The van der Waals surface area contributed by atoms with Crippen LogP contribution in [0.1, 0.15) is 41.3 Å². The molecule has 0 atom stereocenters. The van der Waals surface area contributed by atoms with Crippen LogP contribution in [-0.4, -0.2) is 31.4 Å². The van der Waals surface area contributed by atoms with Gasteiger partial charge >= 0.3 is 0 Å². The molecule has 0 saturated carbocycles. The molecule has 0 fully saturated rings. The van der Waals surface area contributed by atoms with E-state index in [2.05, 4.69) is 19.1 Å². The average Bonchev–Trinajstić information content (AvgIpc) is 2.37. The summed E-state index contributed by atoms with van der Waals surface area (Å²) in [6.45, 7) is 4.74. The molecule has 3 nitrogen and oxygen atoms in total. The van der Waals surface area contributed by atoms with Crippen LogP contribution in [0.3, 0.4) is 0 Å². The number of amides is 1. The van der Waals surface area contributed by atoms with Gasteiger partial charge in [0.1, 0.15) is 0 Å². The molecule has 1 aromatic carbocycles. The second-order valence-corrected chi connectivity index (χ2v) is 4.91. The van der Waals surface area contributed by atoms with Gasteiger partial charge in [-0.15, -0.1) is 0 Å². The molecule has 0 aliphatic heterocycles. The van der Waals surface area contributed by atoms with Gasteiger partial charge in [-0.25, -0.2) is 0 Å². The van der Waals surface area contributed by atoms with Gasteiger partial charge in [0.15, 0.2) is 0 Å². The Labute approximate surface area is 116 Å². The summed E-state index contributed by atoms with van der Waals surface area (Å²) >= 11 is 0. The number of rotatable bonds is 5. The molecule has 0 aliphatic carbocycles. The zero-order valence-electron chi connectivity index (χ0n) is 12.4. The first-order chi connectivity index (χ1) is 9.01. The largest absolute Gasteiger partial charge is 0.345 e. The van der Waals surface area contributed by atoms with E-state index >= 15 is 0 Å². The number of aryl methyl sites for hydroxylation is 1. The Morgan fingerprint density at radius 3 is 2.53 bits per heavy atom. The van der Waals surface area contributed by atoms with E-state index in [0.29, 0.717) is 6.54 Å². The normalized spacial score (nSPS) is 11.5. The van der Waals surface area contributed by atoms with E-state index in [9.17, 15) is 4.79 Å². The quantitative estimate of drug-likeness (QED) is 0.885. The number of carbonyl (C=O) groups excluding carboxylic acids is 1. The van der Waals surface area contributed by atoms with Crippen LogP contribution in [0.2, 0.25) is 0 Å². The van der Waals surface area contributed by atoms with E-state index in [0.717, 1.165) is 24.0 Å². The van der Waals surface area contributed by atoms with Gasteiger partial charge in [-0.1, -0.05) is 25.1 Å². The van der Waals surface area contributed by atoms with Crippen LogP contribution in [0, 0.1) is 6.92 Å². The molecule has 0 radical (unpaired) electrons. The highest BCUT2D eigenvalue weighted by atomic mass is 16.2. The minimum atomic E-state index is 0.0453. The van der Waals surface area contributed by atoms with E-state index in [1.807, 2.05) is 19.1 Å². The zero-order valence-corrected chi connectivity index (χ0v) is 12.4. The van der Waals surface area contributed by atoms with Crippen LogP contribution in [0.15, 0.2) is 24.3 Å². The molecule has 0 aliphatic rings. The summed E-state index contributed by atoms with van der Waals surface area (Å²) in [7, 11) is 3.54. The summed E-state index contributed by atoms with van der Waals surface area (Å²) in [4.78, 5) is 13.6. The van der Waals surface area contributed by atoms with Gasteiger partial charge in [0.25, 0.3) is 5.91 Å². The molecule has 1 amide bonds. The first-order valence-corrected chi connectivity index (χ1v) is 6.73. The van der Waals surface area contributed by atoms with Crippen LogP contribution in [0.25, 0.3) is 5.57 Å². The molecule has 1 aromatic rings. The van der Waals surface area contributed by atoms with E-state index in [-0.39, 0.29) is 5.91 Å². The van der Waals surface area contributed by atoms with E-state index < -0.39 is 0 Å². The lowest BCUT2D eigenvalue weighted by atomic mass is 9.97. The third-order valence-corrected chi connectivity index (χ3v) is 3.10. The summed E-state index contributed by atoms with van der Waals surface area (Å²) < 4.78 is 0. The summed E-state index contributed by atoms with van der Waals surface area (Å²) in [5.74, 6) is 0.0453. The van der Waals surface area contributed by atoms with Crippen molar-refractivity contribution in [2.75, 3.05) is 20.6 Å². The van der Waals surface area contributed by atoms with Crippen molar-refractivity contribution in [1.29, 1.82) is 0 Å². The molecule has 0 saturated heterocycles. The van der Waals surface area contributed by atoms with E-state index in [1.54, 1.807) is 19.0 Å². The van der Waals surface area contributed by atoms with Crippen molar-refractivity contribution in [2.24, 2.45) is 5.73 Å². The maximum atomic E-state index is 12.0. The molecule has 2 N–H and O–H groups in total. The molecule has 0 heterocycles. The molecule has 1 rings (SSSR count). The van der Waals surface area contributed by atoms with Gasteiger partial charge in [0, 0.05) is 19.7 Å². The second kappa shape index (κ2) is 7.10. The molecule has 0 unspecified atom stereocenters. The summed E-state index contributed by atoms with van der Waals surface area (Å²) in [6, 6.07) is 6.00. The fraction of sp³-hybridized carbons (Fsp3) is 0.438. The van der Waals surface area contributed by atoms with Crippen molar-refractivity contribution in [3.8, 4) is 0 Å². The van der Waals surface area contributed by atoms with Gasteiger partial charge in [-0.3, -0.25) is 4.79 Å². The smallest absolute Gasteiger partial charge is 0.253 e. The monoisotopic (exact) mass is 260 g/mol. The molecular weight excluding hydrogens is 236 g/mol. The minimum Gasteiger partial charge on any atom is -0.345 e. The lowest BCUT2D eigenvalue weighted by molar-refractivity contribution is 0.0827. The Balaban J connectivity index is 3.11. The third kappa shape index (κ3) is 3.93. The van der Waals surface area contributed by atoms with Gasteiger partial charge < -0.3 is 10.6 Å². The second-order valence-electron chi connectivity index (χ2n) is 4.91. The standard InChI is InChI=1S/C16H24N2O/c1-5-6-13(9-10-17)14-7-8-15(12(2)11-14)16(19)18(3)4/h6-8,11H,5,9-10,17H2,1-4H3/b13-6+. The Morgan fingerprint density at radius 2 is 2.05 bits per heavy atom. The molecule has 0 spiro atoms. The van der Waals surface area contributed by atoms with Gasteiger partial charge in [-0.2, -0.15) is 0 Å². The predicted octanol–water partition coefficient (Wildman–Crippen LogP) is 2.84. The van der Waals surface area contributed by atoms with Crippen LogP contribution in [-0.2, 0) is 0 Å². The molecule has 3 heteroatoms. The number of carbonyl (C=O) groups is 1. The topological polar surface area (TPSA) is 46.3 Å². The van der Waals surface area contributed by atoms with Crippen molar-refractivity contribution in [3.05, 3.63) is 41.0 Å². The number of hydrogen-bond donors (Lipinski definition) is 1. The van der Waals surface area contributed by atoms with Gasteiger partial charge in [-0.05, 0) is 49.1 Å². The molecule has 0 bridgehead atoms. The van der Waals surface area contributed by atoms with Crippen molar-refractivity contribution >= 4 is 11.5 Å². The molecule has 104 valence electrons. The Bertz CT molecular complexity index is 476. The summed E-state index contributed by atoms with van der Waals surface area (Å²) in [6.07, 6.45) is 4.07. The molecular formula is C16H24N2O. The van der Waals surface area contributed by atoms with Crippen LogP contribution in [0.4, 0.5) is 0 Å². The predicted molar refractivity (Wildman–Crippen MR) is 81.1 cm³/mol. The number of allylic oxidation sites excluding steroid dienone is 1.